The van der Waals surface area contributed by atoms with E-state index in [9.17, 15) is 0 Å². The topological polar surface area (TPSA) is 64.9 Å². The van der Waals surface area contributed by atoms with Crippen LogP contribution in [0.2, 0.25) is 0 Å². The van der Waals surface area contributed by atoms with Crippen molar-refractivity contribution in [2.75, 3.05) is 5.32 Å². The lowest BCUT2D eigenvalue weighted by Gasteiger charge is -2.23. The number of aromatic nitrogens is 4. The summed E-state index contributed by atoms with van der Waals surface area (Å²) >= 11 is 0. The third kappa shape index (κ3) is 4.42. The molecule has 0 unspecified atom stereocenters. The number of hydrogen-bond acceptors (Lipinski definition) is 5. The standard InChI is InChI=1S/C29H23N5O/c1-3-7-21(8-4-1)20-35-26-17-15-25(16-18-26)28-19-27(30-29-31-32-33-34(28)29)24-13-11-23(12-14-24)22-9-5-2-6-10-22/h1-19,28H,20H2,(H,30,31,33)/t28-/m1/s1. The minimum atomic E-state index is -0.131. The first kappa shape index (κ1) is 20.9. The van der Waals surface area contributed by atoms with Crippen molar-refractivity contribution in [2.45, 2.75) is 12.6 Å². The Morgan fingerprint density at radius 3 is 2.11 bits per heavy atom. The van der Waals surface area contributed by atoms with Crippen LogP contribution in [0, 0.1) is 0 Å². The lowest BCUT2D eigenvalue weighted by Crippen LogP contribution is -2.20. The first-order valence-corrected chi connectivity index (χ1v) is 11.5. The van der Waals surface area contributed by atoms with Gasteiger partial charge in [-0.3, -0.25) is 0 Å². The maximum atomic E-state index is 5.95. The molecule has 0 radical (unpaired) electrons. The van der Waals surface area contributed by atoms with Gasteiger partial charge < -0.3 is 10.1 Å². The van der Waals surface area contributed by atoms with Gasteiger partial charge in [-0.05, 0) is 56.5 Å². The average molecular weight is 458 g/mol. The minimum Gasteiger partial charge on any atom is -0.489 e. The molecule has 1 aromatic heterocycles. The third-order valence-corrected chi connectivity index (χ3v) is 6.10. The highest BCUT2D eigenvalue weighted by atomic mass is 16.5. The molecule has 1 aliphatic rings. The Kier molecular flexibility index (Phi) is 5.53. The molecule has 1 aliphatic heterocycles. The predicted octanol–water partition coefficient (Wildman–Crippen LogP) is 5.98. The van der Waals surface area contributed by atoms with Crippen molar-refractivity contribution in [3.05, 3.63) is 132 Å². The summed E-state index contributed by atoms with van der Waals surface area (Å²) in [6, 6.07) is 37.0. The fraction of sp³-hybridized carbons (Fsp3) is 0.0690. The van der Waals surface area contributed by atoms with E-state index in [1.54, 1.807) is 4.68 Å². The molecular weight excluding hydrogens is 434 g/mol. The van der Waals surface area contributed by atoms with Crippen LogP contribution < -0.4 is 10.1 Å². The summed E-state index contributed by atoms with van der Waals surface area (Å²) < 4.78 is 7.75. The molecule has 6 rings (SSSR count). The zero-order valence-corrected chi connectivity index (χ0v) is 19.0. The fourth-order valence-corrected chi connectivity index (χ4v) is 4.23. The number of ether oxygens (including phenoxy) is 1. The molecule has 0 spiro atoms. The Balaban J connectivity index is 1.24. The summed E-state index contributed by atoms with van der Waals surface area (Å²) in [7, 11) is 0. The number of hydrogen-bond donors (Lipinski definition) is 1. The van der Waals surface area contributed by atoms with Gasteiger partial charge in [-0.15, -0.1) is 0 Å². The van der Waals surface area contributed by atoms with Crippen LogP contribution in [0.5, 0.6) is 5.75 Å². The number of benzene rings is 4. The number of anilines is 1. The highest BCUT2D eigenvalue weighted by Gasteiger charge is 2.24. The molecule has 0 bridgehead atoms. The van der Waals surface area contributed by atoms with Crippen molar-refractivity contribution >= 4 is 11.6 Å². The Morgan fingerprint density at radius 1 is 0.714 bits per heavy atom. The first-order chi connectivity index (χ1) is 17.3. The quantitative estimate of drug-likeness (QED) is 0.340. The van der Waals surface area contributed by atoms with E-state index in [1.807, 2.05) is 36.4 Å². The van der Waals surface area contributed by atoms with Gasteiger partial charge in [0.05, 0.1) is 0 Å². The van der Waals surface area contributed by atoms with Gasteiger partial charge >= 0.3 is 0 Å². The lowest BCUT2D eigenvalue weighted by molar-refractivity contribution is 0.306. The molecule has 35 heavy (non-hydrogen) atoms. The first-order valence-electron chi connectivity index (χ1n) is 11.5. The summed E-state index contributed by atoms with van der Waals surface area (Å²) in [5.74, 6) is 1.44. The molecule has 0 saturated heterocycles. The molecular formula is C29H23N5O. The molecule has 5 aromatic rings. The van der Waals surface area contributed by atoms with Crippen LogP contribution in [0.4, 0.5) is 5.95 Å². The second-order valence-electron chi connectivity index (χ2n) is 8.38. The number of nitrogens with zero attached hydrogens (tertiary/aromatic N) is 4. The second kappa shape index (κ2) is 9.27. The van der Waals surface area contributed by atoms with Gasteiger partial charge in [0.25, 0.3) is 0 Å². The molecule has 6 nitrogen and oxygen atoms in total. The molecule has 0 fully saturated rings. The molecule has 4 aromatic carbocycles. The SMILES string of the molecule is C1=C(c2ccc(-c3ccccc3)cc2)Nc2nnnn2[C@H]1c1ccc(OCc2ccccc2)cc1. The summed E-state index contributed by atoms with van der Waals surface area (Å²) in [6.07, 6.45) is 2.15. The van der Waals surface area contributed by atoms with Crippen LogP contribution in [0.1, 0.15) is 22.7 Å². The highest BCUT2D eigenvalue weighted by molar-refractivity contribution is 5.78. The van der Waals surface area contributed by atoms with E-state index in [-0.39, 0.29) is 6.04 Å². The fourth-order valence-electron chi connectivity index (χ4n) is 4.23. The van der Waals surface area contributed by atoms with Gasteiger partial charge in [0.2, 0.25) is 5.95 Å². The van der Waals surface area contributed by atoms with Crippen molar-refractivity contribution in [2.24, 2.45) is 0 Å². The van der Waals surface area contributed by atoms with Gasteiger partial charge in [0.1, 0.15) is 18.4 Å². The maximum absolute atomic E-state index is 5.95. The molecule has 6 heteroatoms. The second-order valence-corrected chi connectivity index (χ2v) is 8.38. The molecule has 2 heterocycles. The molecule has 0 saturated carbocycles. The van der Waals surface area contributed by atoms with E-state index in [2.05, 4.69) is 99.7 Å². The van der Waals surface area contributed by atoms with Gasteiger partial charge in [0, 0.05) is 5.70 Å². The van der Waals surface area contributed by atoms with Crippen molar-refractivity contribution in [3.8, 4) is 16.9 Å². The van der Waals surface area contributed by atoms with Gasteiger partial charge in [-0.1, -0.05) is 102 Å². The molecule has 170 valence electrons. The zero-order valence-electron chi connectivity index (χ0n) is 19.0. The van der Waals surface area contributed by atoms with Crippen LogP contribution >= 0.6 is 0 Å². The van der Waals surface area contributed by atoms with E-state index >= 15 is 0 Å². The number of allylic oxidation sites excluding steroid dienone is 1. The molecule has 1 atom stereocenters. The number of rotatable bonds is 6. The molecule has 0 amide bonds. The number of fused-ring (bicyclic) bond motifs is 1. The minimum absolute atomic E-state index is 0.131. The van der Waals surface area contributed by atoms with Crippen LogP contribution in [-0.4, -0.2) is 20.2 Å². The monoisotopic (exact) mass is 457 g/mol. The van der Waals surface area contributed by atoms with E-state index < -0.39 is 0 Å². The summed E-state index contributed by atoms with van der Waals surface area (Å²) in [4.78, 5) is 0. The Hall–Kier alpha value is -4.71. The summed E-state index contributed by atoms with van der Waals surface area (Å²) in [6.45, 7) is 0.535. The van der Waals surface area contributed by atoms with E-state index in [0.29, 0.717) is 12.6 Å². The van der Waals surface area contributed by atoms with Crippen LogP contribution in [0.15, 0.2) is 115 Å². The van der Waals surface area contributed by atoms with Crippen LogP contribution in [0.25, 0.3) is 16.8 Å². The van der Waals surface area contributed by atoms with Crippen molar-refractivity contribution in [1.82, 2.24) is 20.2 Å². The van der Waals surface area contributed by atoms with E-state index in [4.69, 9.17) is 4.74 Å². The number of tetrazole rings is 1. The Morgan fingerprint density at radius 2 is 1.37 bits per heavy atom. The number of nitrogens with one attached hydrogen (secondary N) is 1. The smallest absolute Gasteiger partial charge is 0.248 e. The molecule has 0 aliphatic carbocycles. The summed E-state index contributed by atoms with van der Waals surface area (Å²) in [5, 5.41) is 15.6. The van der Waals surface area contributed by atoms with Gasteiger partial charge in [-0.2, -0.15) is 4.68 Å². The highest BCUT2D eigenvalue weighted by Crippen LogP contribution is 2.33. The predicted molar refractivity (Wildman–Crippen MR) is 137 cm³/mol. The average Bonchev–Trinajstić information content (AvgIpc) is 3.42. The lowest BCUT2D eigenvalue weighted by atomic mass is 9.99. The van der Waals surface area contributed by atoms with Gasteiger partial charge in [0.15, 0.2) is 0 Å². The van der Waals surface area contributed by atoms with Crippen LogP contribution in [0.3, 0.4) is 0 Å². The van der Waals surface area contributed by atoms with Crippen molar-refractivity contribution < 1.29 is 4.74 Å². The van der Waals surface area contributed by atoms with Crippen molar-refractivity contribution in [1.29, 1.82) is 0 Å². The Bertz CT molecular complexity index is 1440. The molecule has 1 N–H and O–H groups in total. The summed E-state index contributed by atoms with van der Waals surface area (Å²) in [5.41, 5.74) is 6.64. The van der Waals surface area contributed by atoms with Gasteiger partial charge in [-0.25, -0.2) is 0 Å². The Labute approximate surface area is 203 Å². The zero-order chi connectivity index (χ0) is 23.5. The normalized spacial score (nSPS) is 14.5. The third-order valence-electron chi connectivity index (χ3n) is 6.10. The largest absolute Gasteiger partial charge is 0.489 e. The van der Waals surface area contributed by atoms with E-state index in [1.165, 1.54) is 11.1 Å². The van der Waals surface area contributed by atoms with E-state index in [0.717, 1.165) is 28.1 Å². The van der Waals surface area contributed by atoms with Crippen molar-refractivity contribution in [3.63, 3.8) is 0 Å². The maximum Gasteiger partial charge on any atom is 0.248 e. The van der Waals surface area contributed by atoms with Crippen LogP contribution in [-0.2, 0) is 6.61 Å².